The van der Waals surface area contributed by atoms with E-state index >= 15 is 0 Å². The topological polar surface area (TPSA) is 168 Å². The van der Waals surface area contributed by atoms with Crippen molar-refractivity contribution in [2.24, 2.45) is 0 Å². The van der Waals surface area contributed by atoms with Gasteiger partial charge in [-0.25, -0.2) is 4.79 Å². The van der Waals surface area contributed by atoms with Crippen molar-refractivity contribution in [3.8, 4) is 5.75 Å². The summed E-state index contributed by atoms with van der Waals surface area (Å²) in [6, 6.07) is 22.1. The fourth-order valence-corrected chi connectivity index (χ4v) is 6.20. The van der Waals surface area contributed by atoms with Gasteiger partial charge < -0.3 is 31.1 Å². The maximum atomic E-state index is 13.9. The van der Waals surface area contributed by atoms with Crippen LogP contribution in [-0.2, 0) is 36.8 Å². The van der Waals surface area contributed by atoms with Crippen molar-refractivity contribution in [1.29, 1.82) is 0 Å². The van der Waals surface area contributed by atoms with Crippen molar-refractivity contribution in [2.45, 2.75) is 76.5 Å². The van der Waals surface area contributed by atoms with Gasteiger partial charge in [0.05, 0.1) is 12.6 Å². The van der Waals surface area contributed by atoms with Gasteiger partial charge in [0.25, 0.3) is 0 Å². The Labute approximate surface area is 292 Å². The van der Waals surface area contributed by atoms with Gasteiger partial charge in [-0.3, -0.25) is 24.1 Å². The van der Waals surface area contributed by atoms with E-state index in [4.69, 9.17) is 0 Å². The molecule has 12 heteroatoms. The molecule has 4 atom stereocenters. The number of carboxylic acid groups (broad SMARTS) is 1. The van der Waals surface area contributed by atoms with Crippen LogP contribution >= 0.6 is 0 Å². The summed E-state index contributed by atoms with van der Waals surface area (Å²) in [5.41, 5.74) is 2.36. The molecule has 12 nitrogen and oxygen atoms in total. The van der Waals surface area contributed by atoms with E-state index < -0.39 is 35.9 Å². The molecule has 5 N–H and O–H groups in total. The average molecular weight is 686 g/mol. The first-order valence-corrected chi connectivity index (χ1v) is 17.1. The molecule has 1 aliphatic heterocycles. The number of amides is 4. The van der Waals surface area contributed by atoms with Crippen LogP contribution in [0.1, 0.15) is 50.7 Å². The lowest BCUT2D eigenvalue weighted by Gasteiger charge is -2.42. The Morgan fingerprint density at radius 3 is 2.12 bits per heavy atom. The SMILES string of the molecule is CCC(=O)N(CC1CCCCN1[C@@H](Cc1ccccc1)C(=O)NCC(=O)N[C@H](C)C(=O)N[C@@H](Cc1ccc(O)cc1)C(=O)O)c1ccccc1. The molecule has 0 bridgehead atoms. The van der Waals surface area contributed by atoms with Crippen molar-refractivity contribution in [1.82, 2.24) is 20.9 Å². The van der Waals surface area contributed by atoms with Crippen molar-refractivity contribution in [2.75, 3.05) is 24.5 Å². The Hall–Kier alpha value is -5.23. The van der Waals surface area contributed by atoms with E-state index in [2.05, 4.69) is 20.9 Å². The number of para-hydroxylation sites is 1. The van der Waals surface area contributed by atoms with Gasteiger partial charge >= 0.3 is 5.97 Å². The third kappa shape index (κ3) is 10.9. The number of nitrogens with zero attached hydrogens (tertiary/aromatic N) is 2. The zero-order chi connectivity index (χ0) is 36.0. The minimum atomic E-state index is -1.26. The second-order valence-electron chi connectivity index (χ2n) is 12.6. The summed E-state index contributed by atoms with van der Waals surface area (Å²) in [4.78, 5) is 68.6. The number of aliphatic carboxylic acids is 1. The van der Waals surface area contributed by atoms with Crippen LogP contribution in [0, 0.1) is 0 Å². The minimum absolute atomic E-state index is 0.00404. The number of benzene rings is 3. The molecular formula is C38H47N5O7. The van der Waals surface area contributed by atoms with E-state index in [1.54, 1.807) is 17.0 Å². The number of phenols is 1. The average Bonchev–Trinajstić information content (AvgIpc) is 3.13. The highest BCUT2D eigenvalue weighted by atomic mass is 16.4. The fourth-order valence-electron chi connectivity index (χ4n) is 6.20. The number of carbonyl (C=O) groups excluding carboxylic acids is 4. The largest absolute Gasteiger partial charge is 0.508 e. The second kappa shape index (κ2) is 18.5. The lowest BCUT2D eigenvalue weighted by molar-refractivity contribution is -0.142. The van der Waals surface area contributed by atoms with E-state index in [1.807, 2.05) is 67.6 Å². The molecule has 1 aliphatic rings. The Morgan fingerprint density at radius 1 is 0.840 bits per heavy atom. The van der Waals surface area contributed by atoms with Gasteiger partial charge in [-0.2, -0.15) is 0 Å². The van der Waals surface area contributed by atoms with Crippen molar-refractivity contribution < 1.29 is 34.2 Å². The molecule has 1 fully saturated rings. The fraction of sp³-hybridized carbons (Fsp3) is 0.395. The van der Waals surface area contributed by atoms with Crippen LogP contribution in [0.25, 0.3) is 0 Å². The summed E-state index contributed by atoms with van der Waals surface area (Å²) < 4.78 is 0. The molecule has 0 spiro atoms. The van der Waals surface area contributed by atoms with E-state index in [0.717, 1.165) is 30.5 Å². The number of hydrogen-bond donors (Lipinski definition) is 5. The van der Waals surface area contributed by atoms with Gasteiger partial charge in [0.15, 0.2) is 0 Å². The zero-order valence-electron chi connectivity index (χ0n) is 28.6. The number of anilines is 1. The molecule has 0 aromatic heterocycles. The number of hydrogen-bond acceptors (Lipinski definition) is 7. The molecule has 4 amide bonds. The number of carbonyl (C=O) groups is 5. The first-order chi connectivity index (χ1) is 24.0. The van der Waals surface area contributed by atoms with Gasteiger partial charge in [-0.15, -0.1) is 0 Å². The molecule has 50 heavy (non-hydrogen) atoms. The van der Waals surface area contributed by atoms with Crippen LogP contribution in [0.2, 0.25) is 0 Å². The number of rotatable bonds is 16. The van der Waals surface area contributed by atoms with Crippen molar-refractivity contribution in [3.05, 3.63) is 96.1 Å². The summed E-state index contributed by atoms with van der Waals surface area (Å²) in [6.07, 6.45) is 3.37. The quantitative estimate of drug-likeness (QED) is 0.153. The summed E-state index contributed by atoms with van der Waals surface area (Å²) in [5, 5.41) is 26.9. The molecule has 266 valence electrons. The van der Waals surface area contributed by atoms with Crippen LogP contribution in [0.4, 0.5) is 5.69 Å². The summed E-state index contributed by atoms with van der Waals surface area (Å²) in [6.45, 7) is 3.95. The number of piperidine rings is 1. The second-order valence-corrected chi connectivity index (χ2v) is 12.6. The Bertz CT molecular complexity index is 1590. The Kier molecular flexibility index (Phi) is 13.9. The molecule has 0 aliphatic carbocycles. The Balaban J connectivity index is 1.41. The third-order valence-corrected chi connectivity index (χ3v) is 8.90. The van der Waals surface area contributed by atoms with Gasteiger partial charge in [0.1, 0.15) is 17.8 Å². The molecule has 0 radical (unpaired) electrons. The molecule has 0 saturated carbocycles. The van der Waals surface area contributed by atoms with Crippen molar-refractivity contribution in [3.63, 3.8) is 0 Å². The van der Waals surface area contributed by atoms with E-state index in [-0.39, 0.29) is 36.6 Å². The predicted octanol–water partition coefficient (Wildman–Crippen LogP) is 3.03. The molecule has 4 rings (SSSR count). The summed E-state index contributed by atoms with van der Waals surface area (Å²) in [7, 11) is 0. The van der Waals surface area contributed by atoms with Crippen LogP contribution in [-0.4, -0.2) is 88.5 Å². The maximum absolute atomic E-state index is 13.9. The predicted molar refractivity (Wildman–Crippen MR) is 189 cm³/mol. The number of phenolic OH excluding ortho intramolecular Hbond substituents is 1. The van der Waals surface area contributed by atoms with E-state index in [0.29, 0.717) is 31.5 Å². The van der Waals surface area contributed by atoms with Gasteiger partial charge in [-0.05, 0) is 68.1 Å². The number of aromatic hydroxyl groups is 1. The molecule has 1 unspecified atom stereocenters. The van der Waals surface area contributed by atoms with Gasteiger partial charge in [0.2, 0.25) is 23.6 Å². The highest BCUT2D eigenvalue weighted by molar-refractivity contribution is 5.94. The normalized spacial score (nSPS) is 16.3. The lowest BCUT2D eigenvalue weighted by atomic mass is 9.95. The smallest absolute Gasteiger partial charge is 0.326 e. The maximum Gasteiger partial charge on any atom is 0.326 e. The molecular weight excluding hydrogens is 638 g/mol. The van der Waals surface area contributed by atoms with E-state index in [9.17, 15) is 34.2 Å². The van der Waals surface area contributed by atoms with E-state index in [1.165, 1.54) is 19.1 Å². The van der Waals surface area contributed by atoms with Gasteiger partial charge in [-0.1, -0.05) is 74.0 Å². The summed E-state index contributed by atoms with van der Waals surface area (Å²) >= 11 is 0. The van der Waals surface area contributed by atoms with Crippen LogP contribution in [0.5, 0.6) is 5.75 Å². The number of carboxylic acids is 1. The Morgan fingerprint density at radius 2 is 1.48 bits per heavy atom. The standard InChI is InChI=1S/C38H47N5O7/c1-3-35(46)43(29-14-8-5-9-15-29)25-30-16-10-11-21-42(30)33(23-27-12-6-4-7-13-27)37(48)39-24-34(45)40-26(2)36(47)41-32(38(49)50)22-28-17-19-31(44)20-18-28/h4-9,12-15,17-20,26,30,32-33,44H,3,10-11,16,21-25H2,1-2H3,(H,39,48)(H,40,45)(H,41,47)(H,49,50)/t26-,30?,32+,33+/m1/s1. The van der Waals surface area contributed by atoms with Crippen LogP contribution in [0.3, 0.4) is 0 Å². The monoisotopic (exact) mass is 685 g/mol. The highest BCUT2D eigenvalue weighted by Gasteiger charge is 2.35. The molecule has 3 aromatic rings. The zero-order valence-corrected chi connectivity index (χ0v) is 28.6. The highest BCUT2D eigenvalue weighted by Crippen LogP contribution is 2.25. The lowest BCUT2D eigenvalue weighted by Crippen LogP contribution is -2.58. The van der Waals surface area contributed by atoms with Crippen LogP contribution in [0.15, 0.2) is 84.9 Å². The molecule has 3 aromatic carbocycles. The van der Waals surface area contributed by atoms with Crippen molar-refractivity contribution >= 4 is 35.3 Å². The molecule has 1 saturated heterocycles. The van der Waals surface area contributed by atoms with Gasteiger partial charge in [0, 0.05) is 31.1 Å². The first kappa shape index (κ1) is 37.6. The third-order valence-electron chi connectivity index (χ3n) is 8.90. The summed E-state index contributed by atoms with van der Waals surface area (Å²) in [5.74, 6) is -2.86. The first-order valence-electron chi connectivity index (χ1n) is 17.1. The number of likely N-dealkylation sites (tertiary alicyclic amines) is 1. The molecule has 1 heterocycles. The minimum Gasteiger partial charge on any atom is -0.508 e. The number of nitrogens with one attached hydrogen (secondary N) is 3. The van der Waals surface area contributed by atoms with Crippen LogP contribution < -0.4 is 20.9 Å².